The normalized spacial score (nSPS) is 7.27. The zero-order valence-corrected chi connectivity index (χ0v) is 9.23. The summed E-state index contributed by atoms with van der Waals surface area (Å²) in [4.78, 5) is 8.11. The number of nitrogens with two attached hydrogens (primary N) is 1. The van der Waals surface area contributed by atoms with E-state index >= 15 is 0 Å². The molecule has 0 amide bonds. The lowest BCUT2D eigenvalue weighted by molar-refractivity contribution is 0.312. The van der Waals surface area contributed by atoms with E-state index in [-0.39, 0.29) is 24.3 Å². The maximum absolute atomic E-state index is 8.11. The average Bonchev–Trinajstić information content (AvgIpc) is 2.04. The summed E-state index contributed by atoms with van der Waals surface area (Å²) >= 11 is 0. The van der Waals surface area contributed by atoms with Crippen LogP contribution in [0.4, 0.5) is 0 Å². The highest BCUT2D eigenvalue weighted by molar-refractivity contribution is 5.94. The van der Waals surface area contributed by atoms with E-state index in [4.69, 9.17) is 26.7 Å². The Kier molecular flexibility index (Phi) is 19.0. The molecule has 0 aliphatic carbocycles. The molecule has 7 N–H and O–H groups in total. The number of hydrogen-bond donors (Lipinski definition) is 6. The van der Waals surface area contributed by atoms with Gasteiger partial charge in [-0.25, -0.2) is 0 Å². The van der Waals surface area contributed by atoms with Crippen molar-refractivity contribution in [2.75, 3.05) is 6.54 Å². The van der Waals surface area contributed by atoms with Crippen molar-refractivity contribution < 1.29 is 5.21 Å². The number of halogens is 1. The third kappa shape index (κ3) is 24.5. The summed E-state index contributed by atoms with van der Waals surface area (Å²) < 4.78 is 0. The molecule has 8 nitrogen and oxygen atoms in total. The van der Waals surface area contributed by atoms with Crippen molar-refractivity contribution in [3.63, 3.8) is 0 Å². The van der Waals surface area contributed by atoms with E-state index in [0.717, 1.165) is 19.4 Å². The molecule has 90 valence electrons. The maximum atomic E-state index is 8.11. The first kappa shape index (κ1) is 19.1. The largest absolute Gasteiger partial charge is 0.379 e. The van der Waals surface area contributed by atoms with Gasteiger partial charge in [-0.15, -0.1) is 17.3 Å². The van der Waals surface area contributed by atoms with E-state index in [1.54, 1.807) is 0 Å². The van der Waals surface area contributed by atoms with Crippen molar-refractivity contribution in [2.45, 2.75) is 19.8 Å². The summed E-state index contributed by atoms with van der Waals surface area (Å²) in [6.07, 6.45) is 2.10. The Morgan fingerprint density at radius 3 is 2.33 bits per heavy atom. The van der Waals surface area contributed by atoms with Crippen LogP contribution in [0.15, 0.2) is 5.34 Å². The molecule has 0 spiro atoms. The van der Waals surface area contributed by atoms with Crippen LogP contribution in [0.5, 0.6) is 0 Å². The molecule has 0 radical (unpaired) electrons. The van der Waals surface area contributed by atoms with E-state index < -0.39 is 0 Å². The topological polar surface area (TPSA) is 147 Å². The fourth-order valence-electron chi connectivity index (χ4n) is 0.569. The van der Waals surface area contributed by atoms with Crippen molar-refractivity contribution in [1.82, 2.24) is 10.6 Å². The van der Waals surface area contributed by atoms with Crippen LogP contribution in [0.1, 0.15) is 19.8 Å². The van der Waals surface area contributed by atoms with Crippen LogP contribution in [-0.2, 0) is 0 Å². The van der Waals surface area contributed by atoms with Gasteiger partial charge in [-0.1, -0.05) is 13.3 Å². The Bertz CT molecular complexity index is 188. The summed E-state index contributed by atoms with van der Waals surface area (Å²) in [6.45, 7) is 2.82. The highest BCUT2D eigenvalue weighted by atomic mass is 35.5. The summed E-state index contributed by atoms with van der Waals surface area (Å²) in [7, 11) is 0. The molecule has 0 heterocycles. The van der Waals surface area contributed by atoms with Gasteiger partial charge in [0.15, 0.2) is 17.3 Å². The summed E-state index contributed by atoms with van der Waals surface area (Å²) in [5.74, 6) is -0.120. The highest BCUT2D eigenvalue weighted by Crippen LogP contribution is 1.80. The molecule has 9 heteroatoms. The van der Waals surface area contributed by atoms with Gasteiger partial charge in [-0.05, 0) is 6.42 Å². The lowest BCUT2D eigenvalue weighted by atomic mass is 10.3. The molecule has 15 heavy (non-hydrogen) atoms. The molecule has 0 rings (SSSR count). The third-order valence-electron chi connectivity index (χ3n) is 1.09. The van der Waals surface area contributed by atoms with Gasteiger partial charge in [0.1, 0.15) is 0 Å². The molecule has 0 unspecified atom stereocenters. The number of unbranched alkanes of at least 4 members (excludes halogenated alkanes) is 1. The number of rotatable bonds is 3. The fourth-order valence-corrected chi connectivity index (χ4v) is 0.569. The molecule has 0 aliphatic heterocycles. The van der Waals surface area contributed by atoms with Crippen LogP contribution in [0.2, 0.25) is 0 Å². The first-order valence-electron chi connectivity index (χ1n) is 3.98. The first-order valence-corrected chi connectivity index (χ1v) is 3.98. The highest BCUT2D eigenvalue weighted by Gasteiger charge is 1.93. The van der Waals surface area contributed by atoms with E-state index in [1.807, 2.05) is 0 Å². The molecule has 0 atom stereocenters. The summed E-state index contributed by atoms with van der Waals surface area (Å²) in [5, 5.41) is 26.9. The minimum absolute atomic E-state index is 0. The summed E-state index contributed by atoms with van der Waals surface area (Å²) in [5.41, 5.74) is 4.99. The second kappa shape index (κ2) is 14.9. The minimum atomic E-state index is -0.209. The van der Waals surface area contributed by atoms with E-state index in [0.29, 0.717) is 0 Å². The number of nitrogens with zero attached hydrogens (tertiary/aromatic N) is 1. The number of guanidine groups is 2. The van der Waals surface area contributed by atoms with Gasteiger partial charge >= 0.3 is 0 Å². The van der Waals surface area contributed by atoms with Gasteiger partial charge in [0.2, 0.25) is 0 Å². The molecule has 0 aliphatic rings. The quantitative estimate of drug-likeness (QED) is 0.139. The Morgan fingerprint density at radius 2 is 2.00 bits per heavy atom. The van der Waals surface area contributed by atoms with Gasteiger partial charge in [-0.2, -0.15) is 0 Å². The molecule has 0 saturated carbocycles. The van der Waals surface area contributed by atoms with Crippen LogP contribution in [0, 0.1) is 15.7 Å². The maximum Gasteiger partial charge on any atom is 0.195 e. The molecular formula is C6H17ClN6O2. The van der Waals surface area contributed by atoms with E-state index in [1.165, 1.54) is 5.34 Å². The zero-order chi connectivity index (χ0) is 11.4. The molecule has 0 bridgehead atoms. The Balaban J connectivity index is -0.000000320. The van der Waals surface area contributed by atoms with Gasteiger partial charge < -0.3 is 16.3 Å². The fraction of sp³-hybridized carbons (Fsp3) is 0.667. The predicted molar refractivity (Wildman–Crippen MR) is 60.5 cm³/mol. The van der Waals surface area contributed by atoms with E-state index in [9.17, 15) is 0 Å². The van der Waals surface area contributed by atoms with Crippen LogP contribution < -0.4 is 16.4 Å². The molecule has 0 aromatic rings. The lowest BCUT2D eigenvalue weighted by Crippen LogP contribution is -2.43. The van der Waals surface area contributed by atoms with Crippen molar-refractivity contribution in [2.24, 2.45) is 11.1 Å². The minimum Gasteiger partial charge on any atom is -0.379 e. The Hall–Kier alpha value is -1.57. The number of nitrogens with one attached hydrogen (secondary N) is 4. The second-order valence-electron chi connectivity index (χ2n) is 2.28. The molecule has 0 aromatic carbocycles. The van der Waals surface area contributed by atoms with Crippen molar-refractivity contribution in [1.29, 1.82) is 10.8 Å². The van der Waals surface area contributed by atoms with Crippen LogP contribution in [0.3, 0.4) is 0 Å². The van der Waals surface area contributed by atoms with Gasteiger partial charge in [0, 0.05) is 6.54 Å². The van der Waals surface area contributed by atoms with Gasteiger partial charge in [-0.3, -0.25) is 16.1 Å². The monoisotopic (exact) mass is 240 g/mol. The smallest absolute Gasteiger partial charge is 0.195 e. The van der Waals surface area contributed by atoms with Crippen LogP contribution in [-0.4, -0.2) is 23.7 Å². The van der Waals surface area contributed by atoms with Gasteiger partial charge in [0.25, 0.3) is 0 Å². The average molecular weight is 241 g/mol. The van der Waals surface area contributed by atoms with Crippen molar-refractivity contribution in [3.8, 4) is 0 Å². The molecule has 0 saturated heterocycles. The van der Waals surface area contributed by atoms with Gasteiger partial charge in [0.05, 0.1) is 0 Å². The number of hydrogen-bond acceptors (Lipinski definition) is 4. The SMILES string of the molecule is CCCCNC(=N)NC(=N)N.Cl.O=NO. The third-order valence-corrected chi connectivity index (χ3v) is 1.09. The van der Waals surface area contributed by atoms with Crippen LogP contribution >= 0.6 is 12.4 Å². The predicted octanol–water partition coefficient (Wildman–Crippen LogP) is 0.358. The Labute approximate surface area is 94.0 Å². The lowest BCUT2D eigenvalue weighted by Gasteiger charge is -2.06. The summed E-state index contributed by atoms with van der Waals surface area (Å²) in [6, 6.07) is 0. The van der Waals surface area contributed by atoms with Crippen LogP contribution in [0.25, 0.3) is 0 Å². The molecule has 0 aromatic heterocycles. The standard InChI is InChI=1S/C6H15N5.ClH.HNO2/c1-2-3-4-10-6(9)11-5(7)8;;2-1-3/h2-4H2,1H3,(H6,7,8,9,10,11);1H;(H,2,3). The first-order chi connectivity index (χ1) is 6.58. The molecular weight excluding hydrogens is 224 g/mol. The second-order valence-corrected chi connectivity index (χ2v) is 2.28. The van der Waals surface area contributed by atoms with E-state index in [2.05, 4.69) is 17.6 Å². The molecule has 0 fully saturated rings. The van der Waals surface area contributed by atoms with Crippen molar-refractivity contribution >= 4 is 24.3 Å². The van der Waals surface area contributed by atoms with Crippen molar-refractivity contribution in [3.05, 3.63) is 4.91 Å². The Morgan fingerprint density at radius 1 is 1.53 bits per heavy atom. The zero-order valence-electron chi connectivity index (χ0n) is 8.41.